The number of ketones is 2. The second kappa shape index (κ2) is 15.1. The van der Waals surface area contributed by atoms with Crippen LogP contribution in [0.3, 0.4) is 0 Å². The predicted molar refractivity (Wildman–Crippen MR) is 168 cm³/mol. The standard InChI is InChI=1S/C37H59NO3/c1-4-5-6-7-8-9-10-11-12-13-14-15-16-17-18-19-35(41)38-33-27-29-30-20-21-34(40)37(30,3)25-23-31(29)36(2)24-22-28(39)26-32(33)36/h22,24,26,29-31,33H,4-21,23,25,27H2,1-3H3,(H,38,41)/t29-,30-,31-,33+,36+,37-/m0/s1. The smallest absolute Gasteiger partial charge is 0.220 e. The fourth-order valence-electron chi connectivity index (χ4n) is 9.11. The summed E-state index contributed by atoms with van der Waals surface area (Å²) >= 11 is 0. The lowest BCUT2D eigenvalue weighted by atomic mass is 9.47. The summed E-state index contributed by atoms with van der Waals surface area (Å²) < 4.78 is 0. The molecule has 6 atom stereocenters. The van der Waals surface area contributed by atoms with Gasteiger partial charge < -0.3 is 5.32 Å². The topological polar surface area (TPSA) is 63.2 Å². The Morgan fingerprint density at radius 2 is 1.41 bits per heavy atom. The molecule has 3 fully saturated rings. The summed E-state index contributed by atoms with van der Waals surface area (Å²) in [6.07, 6.45) is 30.6. The Morgan fingerprint density at radius 3 is 2.02 bits per heavy atom. The van der Waals surface area contributed by atoms with Gasteiger partial charge in [0.1, 0.15) is 5.78 Å². The van der Waals surface area contributed by atoms with Crippen LogP contribution in [0.2, 0.25) is 0 Å². The van der Waals surface area contributed by atoms with Crippen molar-refractivity contribution in [3.05, 3.63) is 23.8 Å². The van der Waals surface area contributed by atoms with Gasteiger partial charge in [-0.25, -0.2) is 0 Å². The van der Waals surface area contributed by atoms with Gasteiger partial charge in [-0.2, -0.15) is 0 Å². The first-order chi connectivity index (χ1) is 19.8. The minimum absolute atomic E-state index is 0.0364. The van der Waals surface area contributed by atoms with Gasteiger partial charge in [-0.15, -0.1) is 0 Å². The van der Waals surface area contributed by atoms with E-state index >= 15 is 0 Å². The molecular formula is C37H59NO3. The lowest BCUT2D eigenvalue weighted by Gasteiger charge is -2.57. The normalized spacial score (nSPS) is 32.3. The van der Waals surface area contributed by atoms with Crippen molar-refractivity contribution >= 4 is 17.5 Å². The van der Waals surface area contributed by atoms with E-state index in [0.717, 1.165) is 44.1 Å². The molecule has 0 radical (unpaired) electrons. The van der Waals surface area contributed by atoms with Crippen LogP contribution in [0.1, 0.15) is 156 Å². The number of hydrogen-bond acceptors (Lipinski definition) is 3. The minimum Gasteiger partial charge on any atom is -0.350 e. The third-order valence-corrected chi connectivity index (χ3v) is 11.7. The number of fused-ring (bicyclic) bond motifs is 5. The van der Waals surface area contributed by atoms with Crippen LogP contribution in [0.4, 0.5) is 0 Å². The number of carbonyl (C=O) groups is 3. The molecule has 0 saturated heterocycles. The summed E-state index contributed by atoms with van der Waals surface area (Å²) in [5, 5.41) is 3.37. The molecule has 4 heteroatoms. The summed E-state index contributed by atoms with van der Waals surface area (Å²) in [6, 6.07) is -0.1000. The van der Waals surface area contributed by atoms with Crippen molar-refractivity contribution in [3.8, 4) is 0 Å². The minimum atomic E-state index is -0.212. The van der Waals surface area contributed by atoms with Gasteiger partial charge in [-0.1, -0.05) is 117 Å². The molecule has 0 heterocycles. The Labute approximate surface area is 251 Å². The lowest BCUT2D eigenvalue weighted by Crippen LogP contribution is -2.56. The second-order valence-corrected chi connectivity index (χ2v) is 14.5. The summed E-state index contributed by atoms with van der Waals surface area (Å²) in [6.45, 7) is 6.74. The van der Waals surface area contributed by atoms with Crippen molar-refractivity contribution in [2.75, 3.05) is 0 Å². The molecule has 0 aromatic rings. The first-order valence-electron chi connectivity index (χ1n) is 17.6. The van der Waals surface area contributed by atoms with Crippen molar-refractivity contribution < 1.29 is 14.4 Å². The molecule has 4 nitrogen and oxygen atoms in total. The number of carbonyl (C=O) groups excluding carboxylic acids is 3. The van der Waals surface area contributed by atoms with Crippen LogP contribution < -0.4 is 5.32 Å². The molecule has 41 heavy (non-hydrogen) atoms. The number of nitrogens with one attached hydrogen (secondary N) is 1. The third-order valence-electron chi connectivity index (χ3n) is 11.7. The van der Waals surface area contributed by atoms with Gasteiger partial charge in [0.15, 0.2) is 5.78 Å². The van der Waals surface area contributed by atoms with Gasteiger partial charge in [0.2, 0.25) is 5.91 Å². The molecule has 4 rings (SSSR count). The van der Waals surface area contributed by atoms with Crippen LogP contribution in [0.15, 0.2) is 23.8 Å². The highest BCUT2D eigenvalue weighted by molar-refractivity contribution is 6.01. The highest BCUT2D eigenvalue weighted by atomic mass is 16.2. The Balaban J connectivity index is 1.16. The number of hydrogen-bond donors (Lipinski definition) is 1. The molecule has 0 unspecified atom stereocenters. The Morgan fingerprint density at radius 1 is 0.829 bits per heavy atom. The molecule has 0 spiro atoms. The van der Waals surface area contributed by atoms with E-state index in [4.69, 9.17) is 0 Å². The van der Waals surface area contributed by atoms with Gasteiger partial charge in [-0.3, -0.25) is 14.4 Å². The highest BCUT2D eigenvalue weighted by Gasteiger charge is 2.60. The maximum Gasteiger partial charge on any atom is 0.220 e. The van der Waals surface area contributed by atoms with Crippen LogP contribution >= 0.6 is 0 Å². The van der Waals surface area contributed by atoms with Crippen LogP contribution in [0.25, 0.3) is 0 Å². The molecule has 230 valence electrons. The molecule has 1 N–H and O–H groups in total. The van der Waals surface area contributed by atoms with Gasteiger partial charge >= 0.3 is 0 Å². The van der Waals surface area contributed by atoms with Crippen molar-refractivity contribution in [2.45, 2.75) is 162 Å². The lowest BCUT2D eigenvalue weighted by molar-refractivity contribution is -0.132. The zero-order chi connectivity index (χ0) is 29.3. The van der Waals surface area contributed by atoms with E-state index < -0.39 is 0 Å². The van der Waals surface area contributed by atoms with Crippen LogP contribution in [0.5, 0.6) is 0 Å². The third kappa shape index (κ3) is 7.82. The number of unbranched alkanes of at least 4 members (excludes halogenated alkanes) is 14. The Bertz CT molecular complexity index is 965. The number of rotatable bonds is 17. The molecular weight excluding hydrogens is 506 g/mol. The van der Waals surface area contributed by atoms with Crippen molar-refractivity contribution in [3.63, 3.8) is 0 Å². The number of amides is 1. The quantitative estimate of drug-likeness (QED) is 0.179. The molecule has 4 aliphatic carbocycles. The van der Waals surface area contributed by atoms with Crippen molar-refractivity contribution in [1.82, 2.24) is 5.32 Å². The molecule has 3 saturated carbocycles. The maximum atomic E-state index is 13.1. The largest absolute Gasteiger partial charge is 0.350 e. The molecule has 0 bridgehead atoms. The Hall–Kier alpha value is -1.71. The van der Waals surface area contributed by atoms with Crippen LogP contribution in [-0.2, 0) is 14.4 Å². The first-order valence-corrected chi connectivity index (χ1v) is 17.6. The van der Waals surface area contributed by atoms with Crippen LogP contribution in [0, 0.1) is 28.6 Å². The maximum absolute atomic E-state index is 13.1. The average molecular weight is 566 g/mol. The monoisotopic (exact) mass is 565 g/mol. The molecule has 0 aromatic carbocycles. The van der Waals surface area contributed by atoms with E-state index in [0.29, 0.717) is 36.4 Å². The van der Waals surface area contributed by atoms with Crippen LogP contribution in [-0.4, -0.2) is 23.5 Å². The molecule has 4 aliphatic rings. The van der Waals surface area contributed by atoms with E-state index in [-0.39, 0.29) is 28.6 Å². The zero-order valence-corrected chi connectivity index (χ0v) is 26.6. The van der Waals surface area contributed by atoms with E-state index in [2.05, 4.69) is 32.2 Å². The fourth-order valence-corrected chi connectivity index (χ4v) is 9.11. The van der Waals surface area contributed by atoms with E-state index in [9.17, 15) is 14.4 Å². The predicted octanol–water partition coefficient (Wildman–Crippen LogP) is 9.22. The summed E-state index contributed by atoms with van der Waals surface area (Å²) in [5.41, 5.74) is 0.690. The SMILES string of the molecule is CCCCCCCCCCCCCCCCCC(=O)N[C@@H]1C[C@@H]2[C@H](CC[C@]3(C)C(=O)CC[C@@H]23)[C@@]2(C)C=CC(=O)C=C12. The highest BCUT2D eigenvalue weighted by Crippen LogP contribution is 2.63. The molecule has 1 amide bonds. The molecule has 0 aromatic heterocycles. The average Bonchev–Trinajstić information content (AvgIpc) is 3.26. The summed E-state index contributed by atoms with van der Waals surface area (Å²) in [7, 11) is 0. The second-order valence-electron chi connectivity index (χ2n) is 14.5. The van der Waals surface area contributed by atoms with Gasteiger partial charge in [-0.05, 0) is 67.6 Å². The van der Waals surface area contributed by atoms with Gasteiger partial charge in [0, 0.05) is 23.7 Å². The number of allylic oxidation sites excluding steroid dienone is 3. The number of Topliss-reactive ketones (excluding diaryl/α,β-unsaturated/α-hetero) is 1. The van der Waals surface area contributed by atoms with Gasteiger partial charge in [0.25, 0.3) is 0 Å². The Kier molecular flexibility index (Phi) is 11.9. The van der Waals surface area contributed by atoms with Gasteiger partial charge in [0.05, 0.1) is 6.04 Å². The summed E-state index contributed by atoms with van der Waals surface area (Å²) in [5.74, 6) is 1.84. The van der Waals surface area contributed by atoms with Crippen molar-refractivity contribution in [2.24, 2.45) is 28.6 Å². The summed E-state index contributed by atoms with van der Waals surface area (Å²) in [4.78, 5) is 38.4. The molecule has 0 aliphatic heterocycles. The van der Waals surface area contributed by atoms with E-state index in [1.165, 1.54) is 83.5 Å². The van der Waals surface area contributed by atoms with Crippen molar-refractivity contribution in [1.29, 1.82) is 0 Å². The van der Waals surface area contributed by atoms with E-state index in [1.807, 2.05) is 6.08 Å². The first kappa shape index (κ1) is 32.2. The van der Waals surface area contributed by atoms with E-state index in [1.54, 1.807) is 6.08 Å². The zero-order valence-electron chi connectivity index (χ0n) is 26.6. The fraction of sp³-hybridized carbons (Fsp3) is 0.811.